The van der Waals surface area contributed by atoms with E-state index in [-0.39, 0.29) is 0 Å². The summed E-state index contributed by atoms with van der Waals surface area (Å²) in [5, 5.41) is 8.82. The Kier molecular flexibility index (Phi) is 3.75. The second-order valence-corrected chi connectivity index (χ2v) is 5.88. The number of nitrogens with zero attached hydrogens (tertiary/aromatic N) is 3. The fourth-order valence-electron chi connectivity index (χ4n) is 2.04. The Morgan fingerprint density at radius 2 is 2.18 bits per heavy atom. The van der Waals surface area contributed by atoms with Gasteiger partial charge in [0.05, 0.1) is 0 Å². The summed E-state index contributed by atoms with van der Waals surface area (Å²) in [6, 6.07) is 7.89. The third-order valence-corrected chi connectivity index (χ3v) is 4.50. The van der Waals surface area contributed by atoms with Crippen molar-refractivity contribution in [2.24, 2.45) is 0 Å². The molecule has 0 spiro atoms. The van der Waals surface area contributed by atoms with Crippen molar-refractivity contribution in [3.05, 3.63) is 23.9 Å². The van der Waals surface area contributed by atoms with Gasteiger partial charge in [-0.15, -0.1) is 0 Å². The fourth-order valence-corrected chi connectivity index (χ4v) is 3.31. The van der Waals surface area contributed by atoms with Crippen LogP contribution in [0.25, 0.3) is 0 Å². The van der Waals surface area contributed by atoms with Crippen LogP contribution in [0.15, 0.2) is 18.2 Å². The van der Waals surface area contributed by atoms with Crippen LogP contribution in [0.3, 0.4) is 0 Å². The number of nitriles is 1. The van der Waals surface area contributed by atoms with E-state index in [0.717, 1.165) is 30.2 Å². The van der Waals surface area contributed by atoms with Gasteiger partial charge in [-0.05, 0) is 25.0 Å². The molecule has 0 N–H and O–H groups in total. The van der Waals surface area contributed by atoms with Gasteiger partial charge >= 0.3 is 0 Å². The Hall–Kier alpha value is -1.41. The van der Waals surface area contributed by atoms with E-state index < -0.39 is 10.8 Å². The van der Waals surface area contributed by atoms with Crippen molar-refractivity contribution >= 4 is 16.6 Å². The molecule has 0 aromatic carbocycles. The molecule has 0 amide bonds. The van der Waals surface area contributed by atoms with Crippen LogP contribution in [-0.4, -0.2) is 33.8 Å². The first-order valence-electron chi connectivity index (χ1n) is 5.65. The molecule has 0 aliphatic carbocycles. The standard InChI is InChI=1S/C12H15N3OS/c1-15(11-5-7-17(16)8-6-11)12-4-2-3-10(9-13)14-12/h2-4,11H,5-8H2,1H3. The number of hydrogen-bond donors (Lipinski definition) is 0. The second-order valence-electron chi connectivity index (χ2n) is 4.18. The van der Waals surface area contributed by atoms with Crippen LogP contribution in [0.2, 0.25) is 0 Å². The van der Waals surface area contributed by atoms with Gasteiger partial charge in [0.2, 0.25) is 0 Å². The van der Waals surface area contributed by atoms with Crippen molar-refractivity contribution in [2.45, 2.75) is 18.9 Å². The quantitative estimate of drug-likeness (QED) is 0.792. The van der Waals surface area contributed by atoms with E-state index >= 15 is 0 Å². The minimum absolute atomic E-state index is 0.383. The maximum atomic E-state index is 11.3. The van der Waals surface area contributed by atoms with Crippen LogP contribution in [0.5, 0.6) is 0 Å². The summed E-state index contributed by atoms with van der Waals surface area (Å²) in [5.74, 6) is 2.36. The maximum Gasteiger partial charge on any atom is 0.142 e. The third-order valence-electron chi connectivity index (χ3n) is 3.12. The number of rotatable bonds is 2. The molecule has 1 saturated heterocycles. The summed E-state index contributed by atoms with van der Waals surface area (Å²) in [5.41, 5.74) is 0.439. The lowest BCUT2D eigenvalue weighted by Gasteiger charge is -2.31. The molecule has 1 aromatic rings. The van der Waals surface area contributed by atoms with E-state index in [1.54, 1.807) is 6.07 Å². The van der Waals surface area contributed by atoms with Crippen LogP contribution >= 0.6 is 0 Å². The first-order chi connectivity index (χ1) is 8.20. The van der Waals surface area contributed by atoms with Gasteiger partial charge in [0, 0.05) is 35.4 Å². The molecule has 0 radical (unpaired) electrons. The van der Waals surface area contributed by atoms with Gasteiger partial charge in [-0.1, -0.05) is 6.07 Å². The van der Waals surface area contributed by atoms with Crippen molar-refractivity contribution in [2.75, 3.05) is 23.5 Å². The van der Waals surface area contributed by atoms with Crippen molar-refractivity contribution in [1.29, 1.82) is 5.26 Å². The highest BCUT2D eigenvalue weighted by Crippen LogP contribution is 2.20. The van der Waals surface area contributed by atoms with E-state index in [0.29, 0.717) is 11.7 Å². The molecule has 0 unspecified atom stereocenters. The molecule has 1 aliphatic heterocycles. The number of aromatic nitrogens is 1. The Morgan fingerprint density at radius 1 is 1.47 bits per heavy atom. The average Bonchev–Trinajstić information content (AvgIpc) is 2.39. The molecular weight excluding hydrogens is 234 g/mol. The summed E-state index contributed by atoms with van der Waals surface area (Å²) in [6.07, 6.45) is 1.86. The molecule has 0 saturated carbocycles. The number of hydrogen-bond acceptors (Lipinski definition) is 4. The molecule has 0 bridgehead atoms. The molecule has 2 rings (SSSR count). The van der Waals surface area contributed by atoms with Gasteiger partial charge in [0.15, 0.2) is 0 Å². The van der Waals surface area contributed by atoms with Crippen molar-refractivity contribution in [3.8, 4) is 6.07 Å². The van der Waals surface area contributed by atoms with E-state index in [1.807, 2.05) is 25.2 Å². The first kappa shape index (κ1) is 12.1. The van der Waals surface area contributed by atoms with Crippen LogP contribution in [0.4, 0.5) is 5.82 Å². The molecule has 1 aromatic heterocycles. The maximum absolute atomic E-state index is 11.3. The number of pyridine rings is 1. The molecule has 1 aliphatic rings. The highest BCUT2D eigenvalue weighted by atomic mass is 32.2. The van der Waals surface area contributed by atoms with Crippen molar-refractivity contribution < 1.29 is 4.21 Å². The van der Waals surface area contributed by atoms with E-state index in [2.05, 4.69) is 9.88 Å². The Morgan fingerprint density at radius 3 is 2.82 bits per heavy atom. The molecule has 4 nitrogen and oxygen atoms in total. The molecule has 90 valence electrons. The van der Waals surface area contributed by atoms with Crippen LogP contribution < -0.4 is 4.90 Å². The summed E-state index contributed by atoms with van der Waals surface area (Å²) < 4.78 is 11.3. The van der Waals surface area contributed by atoms with Gasteiger partial charge in [-0.2, -0.15) is 5.26 Å². The Labute approximate surface area is 104 Å². The Bertz CT molecular complexity index is 459. The van der Waals surface area contributed by atoms with Crippen LogP contribution in [0.1, 0.15) is 18.5 Å². The van der Waals surface area contributed by atoms with Gasteiger partial charge < -0.3 is 4.90 Å². The van der Waals surface area contributed by atoms with E-state index in [9.17, 15) is 4.21 Å². The molecule has 2 heterocycles. The minimum atomic E-state index is -0.639. The van der Waals surface area contributed by atoms with Gasteiger partial charge in [-0.25, -0.2) is 4.98 Å². The first-order valence-corrected chi connectivity index (χ1v) is 7.14. The predicted molar refractivity (Wildman–Crippen MR) is 68.3 cm³/mol. The lowest BCUT2D eigenvalue weighted by molar-refractivity contribution is 0.566. The van der Waals surface area contributed by atoms with Crippen molar-refractivity contribution in [3.63, 3.8) is 0 Å². The second kappa shape index (κ2) is 5.28. The van der Waals surface area contributed by atoms with Gasteiger partial charge in [0.25, 0.3) is 0 Å². The summed E-state index contributed by atoms with van der Waals surface area (Å²) in [7, 11) is 1.35. The normalized spacial score (nSPS) is 24.0. The number of anilines is 1. The molecule has 5 heteroatoms. The third kappa shape index (κ3) is 2.83. The molecule has 0 atom stereocenters. The van der Waals surface area contributed by atoms with Crippen LogP contribution in [-0.2, 0) is 10.8 Å². The highest BCUT2D eigenvalue weighted by molar-refractivity contribution is 7.85. The van der Waals surface area contributed by atoms with E-state index in [1.165, 1.54) is 0 Å². The molecule has 1 fully saturated rings. The molecule has 17 heavy (non-hydrogen) atoms. The summed E-state index contributed by atoms with van der Waals surface area (Å²) >= 11 is 0. The van der Waals surface area contributed by atoms with Gasteiger partial charge in [0.1, 0.15) is 17.6 Å². The lowest BCUT2D eigenvalue weighted by atomic mass is 10.1. The largest absolute Gasteiger partial charge is 0.357 e. The van der Waals surface area contributed by atoms with Crippen LogP contribution in [0, 0.1) is 11.3 Å². The molecular formula is C12H15N3OS. The zero-order chi connectivity index (χ0) is 12.3. The smallest absolute Gasteiger partial charge is 0.142 e. The minimum Gasteiger partial charge on any atom is -0.357 e. The lowest BCUT2D eigenvalue weighted by Crippen LogP contribution is -2.37. The fraction of sp³-hybridized carbons (Fsp3) is 0.500. The monoisotopic (exact) mass is 249 g/mol. The zero-order valence-electron chi connectivity index (χ0n) is 9.80. The summed E-state index contributed by atoms with van der Waals surface area (Å²) in [4.78, 5) is 6.37. The predicted octanol–water partition coefficient (Wildman–Crippen LogP) is 1.30. The highest BCUT2D eigenvalue weighted by Gasteiger charge is 2.22. The van der Waals surface area contributed by atoms with Gasteiger partial charge in [-0.3, -0.25) is 4.21 Å². The SMILES string of the molecule is CN(c1cccc(C#N)n1)C1CCS(=O)CC1. The Balaban J connectivity index is 2.11. The summed E-state index contributed by atoms with van der Waals surface area (Å²) in [6.45, 7) is 0. The topological polar surface area (TPSA) is 57.0 Å². The van der Waals surface area contributed by atoms with E-state index in [4.69, 9.17) is 5.26 Å². The average molecular weight is 249 g/mol. The zero-order valence-corrected chi connectivity index (χ0v) is 10.6. The van der Waals surface area contributed by atoms with Crippen molar-refractivity contribution in [1.82, 2.24) is 4.98 Å².